The third-order valence-corrected chi connectivity index (χ3v) is 7.45. The summed E-state index contributed by atoms with van der Waals surface area (Å²) in [4.78, 5) is 28.6. The molecule has 0 unspecified atom stereocenters. The first kappa shape index (κ1) is 26.3. The SMILES string of the molecule is CCOc1ncc(-c2cccc(N(CCCCCc3noc(C(C)(C)C)n3)C(=O)C34CC(F)(C3)C4)c2)cn1. The van der Waals surface area contributed by atoms with Gasteiger partial charge in [-0.25, -0.2) is 14.4 Å². The minimum Gasteiger partial charge on any atom is -0.464 e. The second-order valence-electron chi connectivity index (χ2n) is 11.7. The molecule has 2 aromatic heterocycles. The molecule has 3 saturated carbocycles. The Morgan fingerprint density at radius 1 is 1.11 bits per heavy atom. The first-order valence-corrected chi connectivity index (χ1v) is 13.5. The molecule has 0 N–H and O–H groups in total. The van der Waals surface area contributed by atoms with Gasteiger partial charge < -0.3 is 14.2 Å². The zero-order chi connectivity index (χ0) is 27.0. The second-order valence-corrected chi connectivity index (χ2v) is 11.7. The first-order chi connectivity index (χ1) is 18.1. The summed E-state index contributed by atoms with van der Waals surface area (Å²) in [5.74, 6) is 1.40. The van der Waals surface area contributed by atoms with Crippen LogP contribution in [0.5, 0.6) is 6.01 Å². The highest BCUT2D eigenvalue weighted by atomic mass is 19.1. The summed E-state index contributed by atoms with van der Waals surface area (Å²) in [6, 6.07) is 8.17. The van der Waals surface area contributed by atoms with Gasteiger partial charge in [0.05, 0.1) is 12.0 Å². The zero-order valence-electron chi connectivity index (χ0n) is 22.7. The Morgan fingerprint density at radius 2 is 1.84 bits per heavy atom. The molecule has 2 heterocycles. The van der Waals surface area contributed by atoms with Gasteiger partial charge in [0.1, 0.15) is 5.67 Å². The van der Waals surface area contributed by atoms with Crippen LogP contribution in [-0.2, 0) is 16.6 Å². The van der Waals surface area contributed by atoms with E-state index in [0.717, 1.165) is 48.3 Å². The fourth-order valence-corrected chi connectivity index (χ4v) is 5.44. The van der Waals surface area contributed by atoms with Crippen LogP contribution in [0.15, 0.2) is 41.2 Å². The maximum Gasteiger partial charge on any atom is 0.316 e. The van der Waals surface area contributed by atoms with Gasteiger partial charge in [0, 0.05) is 42.0 Å². The van der Waals surface area contributed by atoms with E-state index in [1.807, 2.05) is 56.9 Å². The van der Waals surface area contributed by atoms with Gasteiger partial charge in [-0.2, -0.15) is 4.98 Å². The van der Waals surface area contributed by atoms with E-state index in [0.29, 0.717) is 44.3 Å². The summed E-state index contributed by atoms with van der Waals surface area (Å²) in [6.07, 6.45) is 7.84. The Morgan fingerprint density at radius 3 is 2.47 bits per heavy atom. The molecule has 3 fully saturated rings. The summed E-state index contributed by atoms with van der Waals surface area (Å²) < 4.78 is 25.0. The number of halogens is 1. The average Bonchev–Trinajstić information content (AvgIpc) is 3.34. The van der Waals surface area contributed by atoms with Crippen molar-refractivity contribution in [1.82, 2.24) is 20.1 Å². The zero-order valence-corrected chi connectivity index (χ0v) is 22.7. The van der Waals surface area contributed by atoms with Crippen molar-refractivity contribution in [2.75, 3.05) is 18.1 Å². The number of benzene rings is 1. The Kier molecular flexibility index (Phi) is 6.96. The molecule has 0 spiro atoms. The quantitative estimate of drug-likeness (QED) is 0.292. The Bertz CT molecular complexity index is 1260. The van der Waals surface area contributed by atoms with Crippen molar-refractivity contribution in [2.24, 2.45) is 5.41 Å². The summed E-state index contributed by atoms with van der Waals surface area (Å²) >= 11 is 0. The lowest BCUT2D eigenvalue weighted by Gasteiger charge is -2.65. The third kappa shape index (κ3) is 5.28. The molecule has 1 amide bonds. The molecule has 8 nitrogen and oxygen atoms in total. The van der Waals surface area contributed by atoms with E-state index in [4.69, 9.17) is 9.26 Å². The van der Waals surface area contributed by atoms with Gasteiger partial charge in [-0.15, -0.1) is 0 Å². The summed E-state index contributed by atoms with van der Waals surface area (Å²) in [5.41, 5.74) is 0.727. The number of amides is 1. The van der Waals surface area contributed by atoms with Crippen LogP contribution in [0.25, 0.3) is 11.1 Å². The molecule has 3 aliphatic rings. The van der Waals surface area contributed by atoms with Gasteiger partial charge >= 0.3 is 6.01 Å². The van der Waals surface area contributed by atoms with Crippen LogP contribution >= 0.6 is 0 Å². The molecule has 1 aromatic carbocycles. The average molecular weight is 522 g/mol. The number of hydrogen-bond acceptors (Lipinski definition) is 7. The van der Waals surface area contributed by atoms with E-state index < -0.39 is 11.1 Å². The molecule has 6 rings (SSSR count). The van der Waals surface area contributed by atoms with Gasteiger partial charge in [-0.1, -0.05) is 44.5 Å². The standard InChI is InChI=1S/C29H36FN5O3/c1-5-37-26-31-15-21(16-32-26)20-10-9-11-22(14-20)35(25(36)28-17-29(30,18-28)19-28)13-8-6-7-12-23-33-24(38-34-23)27(2,3)4/h9-11,14-16H,5-8,12-13,17-19H2,1-4H3. The summed E-state index contributed by atoms with van der Waals surface area (Å²) in [5, 5.41) is 4.10. The molecular formula is C29H36FN5O3. The van der Waals surface area contributed by atoms with E-state index in [-0.39, 0.29) is 11.3 Å². The lowest BCUT2D eigenvalue weighted by atomic mass is 9.42. The maximum atomic E-state index is 14.3. The predicted molar refractivity (Wildman–Crippen MR) is 142 cm³/mol. The normalized spacial score (nSPS) is 21.9. The van der Waals surface area contributed by atoms with Crippen LogP contribution < -0.4 is 9.64 Å². The lowest BCUT2D eigenvalue weighted by molar-refractivity contribution is -0.211. The van der Waals surface area contributed by atoms with Crippen molar-refractivity contribution in [3.63, 3.8) is 0 Å². The molecule has 0 atom stereocenters. The van der Waals surface area contributed by atoms with Crippen LogP contribution in [0.4, 0.5) is 10.1 Å². The number of aryl methyl sites for hydroxylation is 1. The molecule has 2 bridgehead atoms. The van der Waals surface area contributed by atoms with Crippen molar-refractivity contribution in [1.29, 1.82) is 0 Å². The molecule has 3 aliphatic carbocycles. The van der Waals surface area contributed by atoms with Crippen LogP contribution in [-0.4, -0.2) is 44.8 Å². The smallest absolute Gasteiger partial charge is 0.316 e. The largest absolute Gasteiger partial charge is 0.464 e. The molecular weight excluding hydrogens is 485 g/mol. The third-order valence-electron chi connectivity index (χ3n) is 7.45. The van der Waals surface area contributed by atoms with Crippen LogP contribution in [0, 0.1) is 5.41 Å². The number of alkyl halides is 1. The minimum absolute atomic E-state index is 0.0325. The first-order valence-electron chi connectivity index (χ1n) is 13.5. The van der Waals surface area contributed by atoms with Crippen LogP contribution in [0.1, 0.15) is 77.9 Å². The summed E-state index contributed by atoms with van der Waals surface area (Å²) in [7, 11) is 0. The van der Waals surface area contributed by atoms with Crippen LogP contribution in [0.3, 0.4) is 0 Å². The number of anilines is 1. The van der Waals surface area contributed by atoms with E-state index in [2.05, 4.69) is 20.1 Å². The van der Waals surface area contributed by atoms with Crippen molar-refractivity contribution in [2.45, 2.75) is 83.7 Å². The number of carbonyl (C=O) groups excluding carboxylic acids is 1. The highest BCUT2D eigenvalue weighted by Crippen LogP contribution is 2.70. The van der Waals surface area contributed by atoms with Gasteiger partial charge in [0.25, 0.3) is 0 Å². The summed E-state index contributed by atoms with van der Waals surface area (Å²) in [6.45, 7) is 9.10. The number of carbonyl (C=O) groups is 1. The molecule has 0 aliphatic heterocycles. The second kappa shape index (κ2) is 10.1. The van der Waals surface area contributed by atoms with Gasteiger partial charge in [-0.05, 0) is 56.7 Å². The predicted octanol–water partition coefficient (Wildman–Crippen LogP) is 5.86. The van der Waals surface area contributed by atoms with E-state index in [1.165, 1.54) is 0 Å². The van der Waals surface area contributed by atoms with E-state index >= 15 is 0 Å². The molecule has 0 saturated heterocycles. The van der Waals surface area contributed by atoms with Gasteiger partial charge in [0.15, 0.2) is 5.82 Å². The molecule has 202 valence electrons. The number of aromatic nitrogens is 4. The Hall–Kier alpha value is -3.36. The number of nitrogens with zero attached hydrogens (tertiary/aromatic N) is 5. The highest BCUT2D eigenvalue weighted by Gasteiger charge is 2.73. The Labute approximate surface area is 223 Å². The molecule has 9 heteroatoms. The molecule has 3 aromatic rings. The fraction of sp³-hybridized carbons (Fsp3) is 0.552. The fourth-order valence-electron chi connectivity index (χ4n) is 5.44. The van der Waals surface area contributed by atoms with Crippen LogP contribution in [0.2, 0.25) is 0 Å². The monoisotopic (exact) mass is 521 g/mol. The topological polar surface area (TPSA) is 94.2 Å². The van der Waals surface area contributed by atoms with Gasteiger partial charge in [-0.3, -0.25) is 4.79 Å². The number of unbranched alkanes of at least 4 members (excludes halogenated alkanes) is 2. The molecule has 0 radical (unpaired) electrons. The lowest BCUT2D eigenvalue weighted by Crippen LogP contribution is -2.70. The van der Waals surface area contributed by atoms with Crippen molar-refractivity contribution >= 4 is 11.6 Å². The number of ether oxygens (including phenoxy) is 1. The van der Waals surface area contributed by atoms with Crippen molar-refractivity contribution in [3.8, 4) is 17.1 Å². The van der Waals surface area contributed by atoms with E-state index in [1.54, 1.807) is 12.4 Å². The number of rotatable bonds is 11. The van der Waals surface area contributed by atoms with Crippen molar-refractivity contribution < 1.29 is 18.4 Å². The van der Waals surface area contributed by atoms with Crippen molar-refractivity contribution in [3.05, 3.63) is 48.4 Å². The van der Waals surface area contributed by atoms with Gasteiger partial charge in [0.2, 0.25) is 11.8 Å². The minimum atomic E-state index is -1.13. The highest BCUT2D eigenvalue weighted by molar-refractivity contribution is 6.00. The van der Waals surface area contributed by atoms with E-state index in [9.17, 15) is 9.18 Å². The maximum absolute atomic E-state index is 14.3. The number of hydrogen-bond donors (Lipinski definition) is 0. The molecule has 38 heavy (non-hydrogen) atoms. The Balaban J connectivity index is 1.25.